The molecule has 0 bridgehead atoms. The van der Waals surface area contributed by atoms with Crippen LogP contribution in [0.5, 0.6) is 0 Å². The number of aliphatic hydroxyl groups is 1. The molecule has 1 N–H and O–H groups in total. The molecular formula is C6H7NO. The second-order valence-corrected chi connectivity index (χ2v) is 1.26. The van der Waals surface area contributed by atoms with Crippen LogP contribution in [0.3, 0.4) is 0 Å². The minimum atomic E-state index is 0.333. The van der Waals surface area contributed by atoms with E-state index in [1.54, 1.807) is 12.1 Å². The highest BCUT2D eigenvalue weighted by Gasteiger charge is 1.86. The molecule has 0 aromatic rings. The molecule has 0 aliphatic rings. The summed E-state index contributed by atoms with van der Waals surface area (Å²) in [4.78, 5) is 0. The Morgan fingerprint density at radius 1 is 1.88 bits per heavy atom. The van der Waals surface area contributed by atoms with Gasteiger partial charge in [-0.1, -0.05) is 6.08 Å². The second kappa shape index (κ2) is 3.94. The van der Waals surface area contributed by atoms with Gasteiger partial charge in [0, 0.05) is 6.42 Å². The lowest BCUT2D eigenvalue weighted by atomic mass is 10.2. The molecule has 0 spiro atoms. The molecule has 0 aromatic heterocycles. The molecule has 0 atom stereocenters. The molecule has 2 heteroatoms. The summed E-state index contributed by atoms with van der Waals surface area (Å²) in [5, 5.41) is 16.4. The summed E-state index contributed by atoms with van der Waals surface area (Å²) in [7, 11) is 0. The maximum atomic E-state index is 8.22. The van der Waals surface area contributed by atoms with Crippen LogP contribution >= 0.6 is 0 Å². The van der Waals surface area contributed by atoms with Crippen LogP contribution in [-0.4, -0.2) is 5.11 Å². The summed E-state index contributed by atoms with van der Waals surface area (Å²) in [5.74, 6) is 0. The number of aliphatic hydroxyl groups excluding tert-OH is 1. The quantitative estimate of drug-likeness (QED) is 0.332. The van der Waals surface area contributed by atoms with Crippen molar-refractivity contribution in [2.45, 2.75) is 6.42 Å². The fraction of sp³-hybridized carbons (Fsp3) is 0.167. The summed E-state index contributed by atoms with van der Waals surface area (Å²) < 4.78 is 0. The van der Waals surface area contributed by atoms with E-state index in [1.165, 1.54) is 0 Å². The highest BCUT2D eigenvalue weighted by atomic mass is 16.2. The zero-order valence-corrected chi connectivity index (χ0v) is 4.46. The summed E-state index contributed by atoms with van der Waals surface area (Å²) in [5.41, 5.74) is 0.333. The van der Waals surface area contributed by atoms with Gasteiger partial charge in [0.05, 0.1) is 17.9 Å². The first-order valence-corrected chi connectivity index (χ1v) is 2.19. The molecule has 0 unspecified atom stereocenters. The minimum Gasteiger partial charge on any atom is -0.515 e. The zero-order valence-electron chi connectivity index (χ0n) is 4.46. The van der Waals surface area contributed by atoms with Crippen LogP contribution in [0, 0.1) is 11.3 Å². The lowest BCUT2D eigenvalue weighted by Gasteiger charge is -1.82. The first-order valence-electron chi connectivity index (χ1n) is 2.19. The van der Waals surface area contributed by atoms with Gasteiger partial charge in [-0.2, -0.15) is 5.26 Å². The van der Waals surface area contributed by atoms with E-state index >= 15 is 0 Å². The van der Waals surface area contributed by atoms with Crippen LogP contribution in [-0.2, 0) is 0 Å². The van der Waals surface area contributed by atoms with Gasteiger partial charge in [0.25, 0.3) is 0 Å². The number of hydrogen-bond donors (Lipinski definition) is 1. The van der Waals surface area contributed by atoms with Gasteiger partial charge in [-0.3, -0.25) is 0 Å². The summed E-state index contributed by atoms with van der Waals surface area (Å²) in [6.45, 7) is 3.39. The molecule has 0 saturated carbocycles. The Balaban J connectivity index is 3.77. The van der Waals surface area contributed by atoms with Crippen molar-refractivity contribution in [1.29, 1.82) is 5.26 Å². The topological polar surface area (TPSA) is 44.0 Å². The van der Waals surface area contributed by atoms with Crippen molar-refractivity contribution in [3.8, 4) is 6.07 Å². The van der Waals surface area contributed by atoms with Crippen molar-refractivity contribution < 1.29 is 5.11 Å². The van der Waals surface area contributed by atoms with Crippen LogP contribution in [0.15, 0.2) is 24.5 Å². The van der Waals surface area contributed by atoms with E-state index in [0.29, 0.717) is 12.0 Å². The van der Waals surface area contributed by atoms with Gasteiger partial charge in [0.15, 0.2) is 0 Å². The van der Waals surface area contributed by atoms with Crippen LogP contribution in [0.2, 0.25) is 0 Å². The fourth-order valence-corrected chi connectivity index (χ4v) is 0.283. The minimum absolute atomic E-state index is 0.333. The van der Waals surface area contributed by atoms with Crippen molar-refractivity contribution in [2.75, 3.05) is 0 Å². The first-order chi connectivity index (χ1) is 3.85. The standard InChI is InChI=1S/C6H7NO/c1-2-3-6(4-7)5-8/h2,5,8H,1,3H2. The van der Waals surface area contributed by atoms with E-state index in [1.807, 2.05) is 0 Å². The summed E-state index contributed by atoms with van der Waals surface area (Å²) >= 11 is 0. The Kier molecular flexibility index (Phi) is 3.34. The highest BCUT2D eigenvalue weighted by Crippen LogP contribution is 1.96. The van der Waals surface area contributed by atoms with E-state index in [-0.39, 0.29) is 0 Å². The van der Waals surface area contributed by atoms with Gasteiger partial charge < -0.3 is 5.11 Å². The normalized spacial score (nSPS) is 10.1. The van der Waals surface area contributed by atoms with Gasteiger partial charge in [-0.25, -0.2) is 0 Å². The third-order valence-corrected chi connectivity index (χ3v) is 0.664. The third kappa shape index (κ3) is 2.04. The SMILES string of the molecule is C=CCC(C#N)=CO. The number of nitrogens with zero attached hydrogens (tertiary/aromatic N) is 1. The smallest absolute Gasteiger partial charge is 0.0982 e. The maximum absolute atomic E-state index is 8.22. The van der Waals surface area contributed by atoms with Gasteiger partial charge in [0.2, 0.25) is 0 Å². The average Bonchev–Trinajstić information content (AvgIpc) is 1.83. The molecule has 0 amide bonds. The molecule has 0 saturated heterocycles. The summed E-state index contributed by atoms with van der Waals surface area (Å²) in [6.07, 6.45) is 2.79. The monoisotopic (exact) mass is 109 g/mol. The van der Waals surface area contributed by atoms with Crippen molar-refractivity contribution >= 4 is 0 Å². The Bertz CT molecular complexity index is 141. The van der Waals surface area contributed by atoms with Crippen LogP contribution in [0.1, 0.15) is 6.42 Å². The van der Waals surface area contributed by atoms with Gasteiger partial charge in [-0.15, -0.1) is 6.58 Å². The van der Waals surface area contributed by atoms with Crippen molar-refractivity contribution in [1.82, 2.24) is 0 Å². The number of hydrogen-bond acceptors (Lipinski definition) is 2. The Morgan fingerprint density at radius 2 is 2.50 bits per heavy atom. The highest BCUT2D eigenvalue weighted by molar-refractivity contribution is 5.20. The fourth-order valence-electron chi connectivity index (χ4n) is 0.283. The van der Waals surface area contributed by atoms with Crippen molar-refractivity contribution in [3.63, 3.8) is 0 Å². The molecule has 0 aliphatic heterocycles. The number of nitriles is 1. The van der Waals surface area contributed by atoms with E-state index in [2.05, 4.69) is 6.58 Å². The number of rotatable bonds is 2. The predicted molar refractivity (Wildman–Crippen MR) is 31.1 cm³/mol. The molecular weight excluding hydrogens is 102 g/mol. The molecule has 42 valence electrons. The maximum Gasteiger partial charge on any atom is 0.0982 e. The molecule has 0 fully saturated rings. The molecule has 2 nitrogen and oxygen atoms in total. The van der Waals surface area contributed by atoms with Crippen LogP contribution in [0.25, 0.3) is 0 Å². The van der Waals surface area contributed by atoms with E-state index < -0.39 is 0 Å². The van der Waals surface area contributed by atoms with Crippen LogP contribution in [0.4, 0.5) is 0 Å². The Morgan fingerprint density at radius 3 is 2.62 bits per heavy atom. The molecule has 0 aromatic carbocycles. The predicted octanol–water partition coefficient (Wildman–Crippen LogP) is 1.53. The van der Waals surface area contributed by atoms with Crippen molar-refractivity contribution in [2.24, 2.45) is 0 Å². The first kappa shape index (κ1) is 6.77. The lowest BCUT2D eigenvalue weighted by molar-refractivity contribution is 0.468. The summed E-state index contributed by atoms with van der Waals surface area (Å²) in [6, 6.07) is 1.79. The zero-order chi connectivity index (χ0) is 6.41. The van der Waals surface area contributed by atoms with E-state index in [9.17, 15) is 0 Å². The molecule has 0 radical (unpaired) electrons. The van der Waals surface area contributed by atoms with Crippen molar-refractivity contribution in [3.05, 3.63) is 24.5 Å². The largest absolute Gasteiger partial charge is 0.515 e. The Labute approximate surface area is 48.4 Å². The molecule has 8 heavy (non-hydrogen) atoms. The van der Waals surface area contributed by atoms with Gasteiger partial charge in [-0.05, 0) is 0 Å². The Hall–Kier alpha value is -1.23. The number of allylic oxidation sites excluding steroid dienone is 2. The van der Waals surface area contributed by atoms with Crippen LogP contribution < -0.4 is 0 Å². The van der Waals surface area contributed by atoms with E-state index in [0.717, 1.165) is 6.26 Å². The van der Waals surface area contributed by atoms with Gasteiger partial charge in [0.1, 0.15) is 0 Å². The van der Waals surface area contributed by atoms with E-state index in [4.69, 9.17) is 10.4 Å². The third-order valence-electron chi connectivity index (χ3n) is 0.664. The lowest BCUT2D eigenvalue weighted by Crippen LogP contribution is -1.72. The molecule has 0 aliphatic carbocycles. The van der Waals surface area contributed by atoms with Gasteiger partial charge >= 0.3 is 0 Å². The molecule has 0 rings (SSSR count). The average molecular weight is 109 g/mol. The second-order valence-electron chi connectivity index (χ2n) is 1.26. The molecule has 0 heterocycles.